The number of nitrogens with zero attached hydrogens (tertiary/aromatic N) is 2. The molecule has 0 radical (unpaired) electrons. The van der Waals surface area contributed by atoms with E-state index >= 15 is 0 Å². The van der Waals surface area contributed by atoms with Gasteiger partial charge in [-0.2, -0.15) is 0 Å². The van der Waals surface area contributed by atoms with Crippen molar-refractivity contribution in [2.45, 2.75) is 33.4 Å². The summed E-state index contributed by atoms with van der Waals surface area (Å²) in [6.07, 6.45) is 3.32. The third kappa shape index (κ3) is 2.31. The summed E-state index contributed by atoms with van der Waals surface area (Å²) in [4.78, 5) is 15.6. The molecule has 13 heavy (non-hydrogen) atoms. The fourth-order valence-electron chi connectivity index (χ4n) is 1.07. The van der Waals surface area contributed by atoms with Crippen molar-refractivity contribution < 1.29 is 0 Å². The van der Waals surface area contributed by atoms with Crippen LogP contribution in [0.25, 0.3) is 0 Å². The molecule has 0 aliphatic heterocycles. The zero-order valence-corrected chi connectivity index (χ0v) is 8.24. The lowest BCUT2D eigenvalue weighted by atomic mass is 10.4. The first kappa shape index (κ1) is 9.77. The fraction of sp³-hybridized carbons (Fsp3) is 0.556. The molecule has 1 aromatic heterocycles. The lowest BCUT2D eigenvalue weighted by molar-refractivity contribution is 0.715. The van der Waals surface area contributed by atoms with Crippen LogP contribution in [0.4, 0.5) is 5.82 Å². The van der Waals surface area contributed by atoms with E-state index in [1.807, 2.05) is 20.8 Å². The Labute approximate surface area is 77.6 Å². The molecule has 0 spiro atoms. The van der Waals surface area contributed by atoms with Gasteiger partial charge >= 0.3 is 0 Å². The van der Waals surface area contributed by atoms with E-state index in [4.69, 9.17) is 0 Å². The quantitative estimate of drug-likeness (QED) is 0.759. The Morgan fingerprint density at radius 3 is 2.85 bits per heavy atom. The minimum Gasteiger partial charge on any atom is -0.363 e. The van der Waals surface area contributed by atoms with Crippen molar-refractivity contribution in [2.75, 3.05) is 5.32 Å². The molecule has 1 N–H and O–H groups in total. The van der Waals surface area contributed by atoms with Crippen molar-refractivity contribution in [3.05, 3.63) is 22.7 Å². The van der Waals surface area contributed by atoms with Crippen LogP contribution in [0.2, 0.25) is 0 Å². The molecule has 0 atom stereocenters. The Morgan fingerprint density at radius 1 is 1.62 bits per heavy atom. The van der Waals surface area contributed by atoms with Crippen LogP contribution in [0, 0.1) is 0 Å². The van der Waals surface area contributed by atoms with Crippen molar-refractivity contribution >= 4 is 5.82 Å². The standard InChI is InChI=1S/C9H15N3O/c1-4-12-6-5-10-8(9(12)13)11-7(2)3/h5-7H,4H2,1-3H3,(H,10,11). The zero-order chi connectivity index (χ0) is 9.84. The highest BCUT2D eigenvalue weighted by Crippen LogP contribution is 1.95. The van der Waals surface area contributed by atoms with Crippen LogP contribution < -0.4 is 10.9 Å². The monoisotopic (exact) mass is 181 g/mol. The second-order valence-electron chi connectivity index (χ2n) is 3.17. The number of hydrogen-bond donors (Lipinski definition) is 1. The Morgan fingerprint density at radius 2 is 2.31 bits per heavy atom. The molecule has 4 heteroatoms. The molecule has 1 rings (SSSR count). The second-order valence-corrected chi connectivity index (χ2v) is 3.17. The van der Waals surface area contributed by atoms with Crippen molar-refractivity contribution in [3.8, 4) is 0 Å². The summed E-state index contributed by atoms with van der Waals surface area (Å²) in [6.45, 7) is 6.56. The highest BCUT2D eigenvalue weighted by molar-refractivity contribution is 5.31. The Bertz CT molecular complexity index is 330. The van der Waals surface area contributed by atoms with Crippen LogP contribution in [-0.2, 0) is 6.54 Å². The molecule has 0 fully saturated rings. The molecule has 0 amide bonds. The number of hydrogen-bond acceptors (Lipinski definition) is 3. The lowest BCUT2D eigenvalue weighted by Crippen LogP contribution is -2.26. The number of anilines is 1. The van der Waals surface area contributed by atoms with Gasteiger partial charge in [0.25, 0.3) is 5.56 Å². The predicted octanol–water partition coefficient (Wildman–Crippen LogP) is 1.08. The van der Waals surface area contributed by atoms with Crippen LogP contribution in [0.15, 0.2) is 17.2 Å². The highest BCUT2D eigenvalue weighted by Gasteiger charge is 2.03. The summed E-state index contributed by atoms with van der Waals surface area (Å²) in [7, 11) is 0. The highest BCUT2D eigenvalue weighted by atomic mass is 16.1. The predicted molar refractivity (Wildman–Crippen MR) is 52.9 cm³/mol. The Balaban J connectivity index is 3.02. The van der Waals surface area contributed by atoms with Crippen molar-refractivity contribution in [1.29, 1.82) is 0 Å². The van der Waals surface area contributed by atoms with Crippen LogP contribution >= 0.6 is 0 Å². The summed E-state index contributed by atoms with van der Waals surface area (Å²) in [5, 5.41) is 3.00. The van der Waals surface area contributed by atoms with Gasteiger partial charge in [-0.1, -0.05) is 0 Å². The fourth-order valence-corrected chi connectivity index (χ4v) is 1.07. The lowest BCUT2D eigenvalue weighted by Gasteiger charge is -2.09. The smallest absolute Gasteiger partial charge is 0.293 e. The first-order valence-corrected chi connectivity index (χ1v) is 4.47. The molecule has 0 aliphatic carbocycles. The van der Waals surface area contributed by atoms with Gasteiger partial charge in [-0.15, -0.1) is 0 Å². The summed E-state index contributed by atoms with van der Waals surface area (Å²) in [5.41, 5.74) is -0.0568. The van der Waals surface area contributed by atoms with Gasteiger partial charge in [-0.3, -0.25) is 4.79 Å². The second kappa shape index (κ2) is 4.07. The van der Waals surface area contributed by atoms with Crippen LogP contribution in [-0.4, -0.2) is 15.6 Å². The third-order valence-corrected chi connectivity index (χ3v) is 1.68. The zero-order valence-electron chi connectivity index (χ0n) is 8.24. The molecular weight excluding hydrogens is 166 g/mol. The van der Waals surface area contributed by atoms with Crippen molar-refractivity contribution in [1.82, 2.24) is 9.55 Å². The van der Waals surface area contributed by atoms with E-state index in [9.17, 15) is 4.79 Å². The maximum absolute atomic E-state index is 11.6. The Hall–Kier alpha value is -1.32. The van der Waals surface area contributed by atoms with Crippen molar-refractivity contribution in [3.63, 3.8) is 0 Å². The van der Waals surface area contributed by atoms with Crippen molar-refractivity contribution in [2.24, 2.45) is 0 Å². The minimum absolute atomic E-state index is 0.0568. The van der Waals surface area contributed by atoms with Gasteiger partial charge in [-0.05, 0) is 20.8 Å². The van der Waals surface area contributed by atoms with Crippen LogP contribution in [0.5, 0.6) is 0 Å². The van der Waals surface area contributed by atoms with Crippen LogP contribution in [0.1, 0.15) is 20.8 Å². The van der Waals surface area contributed by atoms with Gasteiger partial charge in [0.1, 0.15) is 0 Å². The molecule has 4 nitrogen and oxygen atoms in total. The van der Waals surface area contributed by atoms with Crippen LogP contribution in [0.3, 0.4) is 0 Å². The molecule has 0 saturated carbocycles. The number of nitrogens with one attached hydrogen (secondary N) is 1. The SMILES string of the molecule is CCn1ccnc(NC(C)C)c1=O. The van der Waals surface area contributed by atoms with Gasteiger partial charge < -0.3 is 9.88 Å². The van der Waals surface area contributed by atoms with Gasteiger partial charge in [0.05, 0.1) is 0 Å². The summed E-state index contributed by atoms with van der Waals surface area (Å²) in [5.74, 6) is 0.430. The first-order chi connectivity index (χ1) is 6.15. The molecule has 0 bridgehead atoms. The molecular formula is C9H15N3O. The average molecular weight is 181 g/mol. The topological polar surface area (TPSA) is 46.9 Å². The van der Waals surface area contributed by atoms with Gasteiger partial charge in [0.2, 0.25) is 0 Å². The van der Waals surface area contributed by atoms with Gasteiger partial charge in [0.15, 0.2) is 5.82 Å². The van der Waals surface area contributed by atoms with E-state index in [1.165, 1.54) is 0 Å². The van der Waals surface area contributed by atoms with E-state index < -0.39 is 0 Å². The molecule has 0 unspecified atom stereocenters. The Kier molecular flexibility index (Phi) is 3.06. The summed E-state index contributed by atoms with van der Waals surface area (Å²) >= 11 is 0. The normalized spacial score (nSPS) is 10.5. The number of rotatable bonds is 3. The summed E-state index contributed by atoms with van der Waals surface area (Å²) < 4.78 is 1.62. The largest absolute Gasteiger partial charge is 0.363 e. The van der Waals surface area contributed by atoms with E-state index in [0.717, 1.165) is 0 Å². The average Bonchev–Trinajstić information content (AvgIpc) is 2.08. The van der Waals surface area contributed by atoms with E-state index in [0.29, 0.717) is 12.4 Å². The molecule has 1 aromatic rings. The minimum atomic E-state index is -0.0568. The molecule has 0 aromatic carbocycles. The number of aromatic nitrogens is 2. The van der Waals surface area contributed by atoms with Gasteiger partial charge in [-0.25, -0.2) is 4.98 Å². The first-order valence-electron chi connectivity index (χ1n) is 4.47. The van der Waals surface area contributed by atoms with E-state index in [1.54, 1.807) is 17.0 Å². The third-order valence-electron chi connectivity index (χ3n) is 1.68. The van der Waals surface area contributed by atoms with E-state index in [2.05, 4.69) is 10.3 Å². The molecule has 1 heterocycles. The number of aryl methyl sites for hydroxylation is 1. The maximum Gasteiger partial charge on any atom is 0.293 e. The molecule has 0 aliphatic rings. The van der Waals surface area contributed by atoms with E-state index in [-0.39, 0.29) is 11.6 Å². The van der Waals surface area contributed by atoms with Gasteiger partial charge in [0, 0.05) is 25.0 Å². The summed E-state index contributed by atoms with van der Waals surface area (Å²) in [6, 6.07) is 0.230. The molecule has 72 valence electrons. The molecule has 0 saturated heterocycles. The maximum atomic E-state index is 11.6.